The summed E-state index contributed by atoms with van der Waals surface area (Å²) in [5, 5.41) is 13.3. The largest absolute Gasteiger partial charge is 0.513 e. The molecule has 0 saturated heterocycles. The molecule has 0 aliphatic heterocycles. The molecule has 2 rings (SSSR count). The second kappa shape index (κ2) is 9.08. The van der Waals surface area contributed by atoms with Crippen LogP contribution in [0.4, 0.5) is 27.8 Å². The standard InChI is InChI=1S/C16H18N6O4/c1-18-9-14(23)19-13-8-7-11(15(17)20-13)22-21-10-5-3-4-6-12(10)26-16(24)25-2/h3-8,18H,9H2,1-2H3,(H3,17,19,20,23). The fourth-order valence-corrected chi connectivity index (χ4v) is 1.83. The van der Waals surface area contributed by atoms with Gasteiger partial charge in [-0.2, -0.15) is 0 Å². The predicted molar refractivity (Wildman–Crippen MR) is 94.9 cm³/mol. The lowest BCUT2D eigenvalue weighted by Crippen LogP contribution is -2.25. The van der Waals surface area contributed by atoms with Crippen LogP contribution in [0.5, 0.6) is 5.75 Å². The first-order valence-corrected chi connectivity index (χ1v) is 7.51. The van der Waals surface area contributed by atoms with Crippen LogP contribution in [-0.4, -0.2) is 37.7 Å². The van der Waals surface area contributed by atoms with Gasteiger partial charge in [0.15, 0.2) is 11.6 Å². The molecule has 0 fully saturated rings. The number of nitrogens with two attached hydrogens (primary N) is 1. The molecule has 0 unspecified atom stereocenters. The summed E-state index contributed by atoms with van der Waals surface area (Å²) in [4.78, 5) is 26.8. The van der Waals surface area contributed by atoms with Crippen molar-refractivity contribution in [1.29, 1.82) is 0 Å². The van der Waals surface area contributed by atoms with Gasteiger partial charge < -0.3 is 25.8 Å². The molecule has 1 aromatic carbocycles. The smallest absolute Gasteiger partial charge is 0.437 e. The van der Waals surface area contributed by atoms with E-state index in [1.165, 1.54) is 7.11 Å². The molecule has 26 heavy (non-hydrogen) atoms. The monoisotopic (exact) mass is 358 g/mol. The molecule has 10 heteroatoms. The van der Waals surface area contributed by atoms with Gasteiger partial charge in [0, 0.05) is 0 Å². The van der Waals surface area contributed by atoms with Gasteiger partial charge in [-0.3, -0.25) is 4.79 Å². The van der Waals surface area contributed by atoms with Crippen molar-refractivity contribution in [3.05, 3.63) is 36.4 Å². The van der Waals surface area contributed by atoms with Crippen LogP contribution < -0.4 is 21.1 Å². The molecule has 0 saturated carbocycles. The van der Waals surface area contributed by atoms with Gasteiger partial charge in [0.1, 0.15) is 17.2 Å². The molecule has 10 nitrogen and oxygen atoms in total. The normalized spacial score (nSPS) is 10.5. The van der Waals surface area contributed by atoms with E-state index in [9.17, 15) is 9.59 Å². The summed E-state index contributed by atoms with van der Waals surface area (Å²) in [5.41, 5.74) is 6.44. The highest BCUT2D eigenvalue weighted by Crippen LogP contribution is 2.30. The van der Waals surface area contributed by atoms with Crippen molar-refractivity contribution in [1.82, 2.24) is 10.3 Å². The lowest BCUT2D eigenvalue weighted by molar-refractivity contribution is -0.115. The molecule has 0 aliphatic rings. The molecule has 0 bridgehead atoms. The number of carbonyl (C=O) groups is 2. The molecule has 0 aliphatic carbocycles. The zero-order valence-electron chi connectivity index (χ0n) is 14.2. The summed E-state index contributed by atoms with van der Waals surface area (Å²) in [7, 11) is 2.86. The summed E-state index contributed by atoms with van der Waals surface area (Å²) in [6.07, 6.45) is -0.865. The molecule has 1 amide bonds. The molecule has 136 valence electrons. The summed E-state index contributed by atoms with van der Waals surface area (Å²) in [5.74, 6) is 0.326. The number of methoxy groups -OCH3 is 1. The average Bonchev–Trinajstić information content (AvgIpc) is 2.62. The molecule has 2 aromatic rings. The highest BCUT2D eigenvalue weighted by atomic mass is 16.7. The van der Waals surface area contributed by atoms with Crippen molar-refractivity contribution < 1.29 is 19.1 Å². The number of carbonyl (C=O) groups excluding carboxylic acids is 2. The third-order valence-electron chi connectivity index (χ3n) is 3.00. The van der Waals surface area contributed by atoms with Gasteiger partial charge in [0.2, 0.25) is 5.91 Å². The number of likely N-dealkylation sites (N-methyl/N-ethyl adjacent to an activating group) is 1. The quantitative estimate of drug-likeness (QED) is 0.409. The minimum atomic E-state index is -0.865. The van der Waals surface area contributed by atoms with Crippen molar-refractivity contribution in [3.8, 4) is 5.75 Å². The molecular formula is C16H18N6O4. The number of ether oxygens (including phenoxy) is 2. The number of aromatic nitrogens is 1. The van der Waals surface area contributed by atoms with E-state index in [1.54, 1.807) is 43.4 Å². The van der Waals surface area contributed by atoms with Crippen LogP contribution in [-0.2, 0) is 9.53 Å². The second-order valence-electron chi connectivity index (χ2n) is 4.90. The second-order valence-corrected chi connectivity index (χ2v) is 4.90. The number of rotatable bonds is 6. The molecule has 0 spiro atoms. The van der Waals surface area contributed by atoms with Gasteiger partial charge in [-0.25, -0.2) is 9.78 Å². The van der Waals surface area contributed by atoms with Crippen LogP contribution in [0, 0.1) is 0 Å². The zero-order valence-corrected chi connectivity index (χ0v) is 14.2. The van der Waals surface area contributed by atoms with Crippen LogP contribution in [0.15, 0.2) is 46.6 Å². The first kappa shape index (κ1) is 18.8. The minimum Gasteiger partial charge on any atom is -0.437 e. The Hall–Kier alpha value is -3.53. The van der Waals surface area contributed by atoms with E-state index in [-0.39, 0.29) is 24.0 Å². The number of hydrogen-bond acceptors (Lipinski definition) is 9. The Balaban J connectivity index is 2.16. The maximum atomic E-state index is 11.5. The van der Waals surface area contributed by atoms with Gasteiger partial charge in [-0.1, -0.05) is 12.1 Å². The van der Waals surface area contributed by atoms with Crippen molar-refractivity contribution in [3.63, 3.8) is 0 Å². The number of pyridine rings is 1. The molecule has 0 atom stereocenters. The Bertz CT molecular complexity index is 824. The van der Waals surface area contributed by atoms with Crippen LogP contribution in [0.25, 0.3) is 0 Å². The van der Waals surface area contributed by atoms with Crippen molar-refractivity contribution in [2.24, 2.45) is 10.2 Å². The third-order valence-corrected chi connectivity index (χ3v) is 3.00. The summed E-state index contributed by atoms with van der Waals surface area (Å²) < 4.78 is 9.43. The van der Waals surface area contributed by atoms with E-state index in [1.807, 2.05) is 0 Å². The summed E-state index contributed by atoms with van der Waals surface area (Å²) >= 11 is 0. The maximum absolute atomic E-state index is 11.5. The first-order chi connectivity index (χ1) is 12.5. The van der Waals surface area contributed by atoms with Gasteiger partial charge >= 0.3 is 6.16 Å². The lowest BCUT2D eigenvalue weighted by Gasteiger charge is -2.06. The minimum absolute atomic E-state index is 0.0855. The van der Waals surface area contributed by atoms with E-state index in [4.69, 9.17) is 10.5 Å². The van der Waals surface area contributed by atoms with Crippen LogP contribution in [0.1, 0.15) is 0 Å². The fraction of sp³-hybridized carbons (Fsp3) is 0.188. The van der Waals surface area contributed by atoms with Gasteiger partial charge in [0.25, 0.3) is 0 Å². The maximum Gasteiger partial charge on any atom is 0.513 e. The molecular weight excluding hydrogens is 340 g/mol. The SMILES string of the molecule is CNCC(=O)Nc1ccc(N=Nc2ccccc2OC(=O)OC)c(N)n1. The van der Waals surface area contributed by atoms with E-state index in [0.717, 1.165) is 0 Å². The number of azo groups is 1. The predicted octanol–water partition coefficient (Wildman–Crippen LogP) is 2.38. The number of nitrogen functional groups attached to an aromatic ring is 1. The number of anilines is 2. The van der Waals surface area contributed by atoms with Gasteiger partial charge in [-0.15, -0.1) is 10.2 Å². The van der Waals surface area contributed by atoms with Crippen molar-refractivity contribution in [2.45, 2.75) is 0 Å². The molecule has 1 heterocycles. The number of amides is 1. The number of benzene rings is 1. The van der Waals surface area contributed by atoms with Crippen LogP contribution >= 0.6 is 0 Å². The van der Waals surface area contributed by atoms with Crippen molar-refractivity contribution >= 4 is 35.1 Å². The molecule has 0 radical (unpaired) electrons. The average molecular weight is 358 g/mol. The van der Waals surface area contributed by atoms with E-state index < -0.39 is 6.16 Å². The Morgan fingerprint density at radius 1 is 1.15 bits per heavy atom. The van der Waals surface area contributed by atoms with Gasteiger partial charge in [-0.05, 0) is 31.3 Å². The van der Waals surface area contributed by atoms with Gasteiger partial charge in [0.05, 0.1) is 13.7 Å². The van der Waals surface area contributed by atoms with Crippen molar-refractivity contribution in [2.75, 3.05) is 31.8 Å². The Labute approximate surface area is 149 Å². The topological polar surface area (TPSA) is 140 Å². The Morgan fingerprint density at radius 3 is 2.58 bits per heavy atom. The number of nitrogens with zero attached hydrogens (tertiary/aromatic N) is 3. The van der Waals surface area contributed by atoms with Crippen LogP contribution in [0.3, 0.4) is 0 Å². The van der Waals surface area contributed by atoms with E-state index >= 15 is 0 Å². The molecule has 1 aromatic heterocycles. The van der Waals surface area contributed by atoms with E-state index in [2.05, 4.69) is 30.6 Å². The van der Waals surface area contributed by atoms with E-state index in [0.29, 0.717) is 17.2 Å². The Kier molecular flexibility index (Phi) is 6.57. The number of nitrogens with one attached hydrogen (secondary N) is 2. The Morgan fingerprint density at radius 2 is 1.88 bits per heavy atom. The fourth-order valence-electron chi connectivity index (χ4n) is 1.83. The highest BCUT2D eigenvalue weighted by molar-refractivity contribution is 5.91. The highest BCUT2D eigenvalue weighted by Gasteiger charge is 2.09. The lowest BCUT2D eigenvalue weighted by atomic mass is 10.3. The summed E-state index contributed by atoms with van der Waals surface area (Å²) in [6.45, 7) is 0.153. The third kappa shape index (κ3) is 5.24. The van der Waals surface area contributed by atoms with Crippen LogP contribution in [0.2, 0.25) is 0 Å². The zero-order chi connectivity index (χ0) is 18.9. The number of hydrogen-bond donors (Lipinski definition) is 3. The first-order valence-electron chi connectivity index (χ1n) is 7.51. The molecule has 4 N–H and O–H groups in total. The summed E-state index contributed by atoms with van der Waals surface area (Å²) in [6, 6.07) is 9.65. The number of para-hydroxylation sites is 1.